The first kappa shape index (κ1) is 9.36. The van der Waals surface area contributed by atoms with Crippen LogP contribution in [0.3, 0.4) is 0 Å². The molecule has 2 aromatic rings. The number of hydrogen-bond donors (Lipinski definition) is 1. The molecule has 0 saturated heterocycles. The zero-order chi connectivity index (χ0) is 11.3. The highest BCUT2D eigenvalue weighted by molar-refractivity contribution is 6.25. The minimum atomic E-state index is -0.00185. The van der Waals surface area contributed by atoms with Gasteiger partial charge in [-0.3, -0.25) is 4.79 Å². The van der Waals surface area contributed by atoms with E-state index in [0.29, 0.717) is 0 Å². The Hall–Kier alpha value is -1.87. The van der Waals surface area contributed by atoms with Crippen LogP contribution in [-0.4, -0.2) is 18.1 Å². The average Bonchev–Trinajstić information content (AvgIpc) is 2.57. The summed E-state index contributed by atoms with van der Waals surface area (Å²) in [6.07, 6.45) is 0. The standard InChI is InChI=1S/C13H11NO2/c1-14-11-6-5-8(7-15)9-3-2-4-10(12(9)11)13(14)16/h2-6,15H,7H2,1H3. The summed E-state index contributed by atoms with van der Waals surface area (Å²) in [5.41, 5.74) is 2.52. The first-order chi connectivity index (χ1) is 7.74. The Morgan fingerprint density at radius 3 is 2.81 bits per heavy atom. The summed E-state index contributed by atoms with van der Waals surface area (Å²) in [5, 5.41) is 11.2. The molecule has 0 bridgehead atoms. The van der Waals surface area contributed by atoms with Crippen LogP contribution >= 0.6 is 0 Å². The largest absolute Gasteiger partial charge is 0.392 e. The van der Waals surface area contributed by atoms with Gasteiger partial charge in [0.1, 0.15) is 0 Å². The van der Waals surface area contributed by atoms with Crippen molar-refractivity contribution < 1.29 is 9.90 Å². The predicted molar refractivity (Wildman–Crippen MR) is 62.6 cm³/mol. The molecule has 0 saturated carbocycles. The maximum atomic E-state index is 11.9. The lowest BCUT2D eigenvalue weighted by Crippen LogP contribution is -2.20. The Morgan fingerprint density at radius 2 is 2.06 bits per heavy atom. The fourth-order valence-corrected chi connectivity index (χ4v) is 2.33. The van der Waals surface area contributed by atoms with Gasteiger partial charge in [0.25, 0.3) is 5.91 Å². The summed E-state index contributed by atoms with van der Waals surface area (Å²) in [4.78, 5) is 13.6. The number of aliphatic hydroxyl groups excluding tert-OH is 1. The average molecular weight is 213 g/mol. The van der Waals surface area contributed by atoms with E-state index in [1.165, 1.54) is 0 Å². The van der Waals surface area contributed by atoms with E-state index in [4.69, 9.17) is 0 Å². The van der Waals surface area contributed by atoms with Crippen molar-refractivity contribution in [3.8, 4) is 0 Å². The molecule has 1 N–H and O–H groups in total. The highest BCUT2D eigenvalue weighted by Gasteiger charge is 2.27. The number of rotatable bonds is 1. The van der Waals surface area contributed by atoms with Gasteiger partial charge in [0.05, 0.1) is 12.3 Å². The van der Waals surface area contributed by atoms with Crippen LogP contribution in [0.2, 0.25) is 0 Å². The normalized spacial score (nSPS) is 13.9. The molecule has 0 radical (unpaired) electrons. The van der Waals surface area contributed by atoms with Crippen LogP contribution in [0.25, 0.3) is 10.8 Å². The van der Waals surface area contributed by atoms with Crippen LogP contribution in [0.5, 0.6) is 0 Å². The molecular formula is C13H11NO2. The lowest BCUT2D eigenvalue weighted by molar-refractivity contribution is 0.0999. The Kier molecular flexibility index (Phi) is 1.79. The van der Waals surface area contributed by atoms with Crippen molar-refractivity contribution in [2.75, 3.05) is 11.9 Å². The smallest absolute Gasteiger partial charge is 0.258 e. The van der Waals surface area contributed by atoms with Crippen molar-refractivity contribution in [2.45, 2.75) is 6.61 Å². The third-order valence-electron chi connectivity index (χ3n) is 3.18. The third kappa shape index (κ3) is 0.981. The van der Waals surface area contributed by atoms with Crippen molar-refractivity contribution in [1.29, 1.82) is 0 Å². The number of amides is 1. The van der Waals surface area contributed by atoms with Crippen LogP contribution in [0, 0.1) is 0 Å². The number of benzene rings is 2. The fraction of sp³-hybridized carbons (Fsp3) is 0.154. The van der Waals surface area contributed by atoms with Crippen molar-refractivity contribution in [2.24, 2.45) is 0 Å². The summed E-state index contributed by atoms with van der Waals surface area (Å²) >= 11 is 0. The summed E-state index contributed by atoms with van der Waals surface area (Å²) in [6, 6.07) is 9.40. The van der Waals surface area contributed by atoms with Crippen molar-refractivity contribution in [3.63, 3.8) is 0 Å². The van der Waals surface area contributed by atoms with Gasteiger partial charge in [-0.2, -0.15) is 0 Å². The van der Waals surface area contributed by atoms with Gasteiger partial charge in [0.2, 0.25) is 0 Å². The summed E-state index contributed by atoms with van der Waals surface area (Å²) < 4.78 is 0. The highest BCUT2D eigenvalue weighted by Crippen LogP contribution is 2.37. The van der Waals surface area contributed by atoms with Crippen LogP contribution in [0.4, 0.5) is 5.69 Å². The van der Waals surface area contributed by atoms with Crippen LogP contribution in [-0.2, 0) is 6.61 Å². The molecule has 1 aliphatic heterocycles. The summed E-state index contributed by atoms with van der Waals surface area (Å²) in [6.45, 7) is -0.00185. The summed E-state index contributed by atoms with van der Waals surface area (Å²) in [5.74, 6) is 0.0238. The number of anilines is 1. The number of aliphatic hydroxyl groups is 1. The first-order valence-electron chi connectivity index (χ1n) is 5.17. The zero-order valence-electron chi connectivity index (χ0n) is 8.90. The number of carbonyl (C=O) groups excluding carboxylic acids is 1. The number of nitrogens with zero attached hydrogens (tertiary/aromatic N) is 1. The third-order valence-corrected chi connectivity index (χ3v) is 3.18. The lowest BCUT2D eigenvalue weighted by Gasteiger charge is -2.10. The molecule has 3 heteroatoms. The molecule has 0 aromatic heterocycles. The van der Waals surface area contributed by atoms with E-state index in [2.05, 4.69) is 0 Å². The molecule has 0 unspecified atom stereocenters. The van der Waals surface area contributed by atoms with Gasteiger partial charge in [0.15, 0.2) is 0 Å². The van der Waals surface area contributed by atoms with E-state index in [1.54, 1.807) is 11.9 Å². The maximum Gasteiger partial charge on any atom is 0.258 e. The molecule has 1 amide bonds. The molecular weight excluding hydrogens is 202 g/mol. The minimum Gasteiger partial charge on any atom is -0.392 e. The molecule has 0 atom stereocenters. The first-order valence-corrected chi connectivity index (χ1v) is 5.17. The van der Waals surface area contributed by atoms with Crippen molar-refractivity contribution >= 4 is 22.4 Å². The molecule has 3 rings (SSSR count). The maximum absolute atomic E-state index is 11.9. The van der Waals surface area contributed by atoms with E-state index in [1.807, 2.05) is 30.3 Å². The fourth-order valence-electron chi connectivity index (χ4n) is 2.33. The number of hydrogen-bond acceptors (Lipinski definition) is 2. The topological polar surface area (TPSA) is 40.5 Å². The second-order valence-electron chi connectivity index (χ2n) is 3.99. The zero-order valence-corrected chi connectivity index (χ0v) is 8.90. The van der Waals surface area contributed by atoms with Gasteiger partial charge in [-0.05, 0) is 23.1 Å². The van der Waals surface area contributed by atoms with Gasteiger partial charge in [-0.1, -0.05) is 18.2 Å². The van der Waals surface area contributed by atoms with Gasteiger partial charge in [-0.25, -0.2) is 0 Å². The number of carbonyl (C=O) groups is 1. The van der Waals surface area contributed by atoms with Gasteiger partial charge in [-0.15, -0.1) is 0 Å². The molecule has 0 aliphatic carbocycles. The molecule has 16 heavy (non-hydrogen) atoms. The SMILES string of the molecule is CN1C(=O)c2cccc3c(CO)ccc1c23. The molecule has 0 spiro atoms. The Bertz CT molecular complexity index is 604. The molecule has 2 aromatic carbocycles. The Labute approximate surface area is 92.9 Å². The van der Waals surface area contributed by atoms with Crippen molar-refractivity contribution in [1.82, 2.24) is 0 Å². The molecule has 80 valence electrons. The molecule has 1 aliphatic rings. The minimum absolute atomic E-state index is 0.00185. The van der Waals surface area contributed by atoms with E-state index in [0.717, 1.165) is 27.6 Å². The van der Waals surface area contributed by atoms with Gasteiger partial charge >= 0.3 is 0 Å². The van der Waals surface area contributed by atoms with Crippen LogP contribution in [0.15, 0.2) is 30.3 Å². The van der Waals surface area contributed by atoms with E-state index < -0.39 is 0 Å². The monoisotopic (exact) mass is 213 g/mol. The predicted octanol–water partition coefficient (Wildman–Crippen LogP) is 1.92. The Balaban J connectivity index is 2.49. The second-order valence-corrected chi connectivity index (χ2v) is 3.99. The van der Waals surface area contributed by atoms with E-state index in [-0.39, 0.29) is 12.5 Å². The van der Waals surface area contributed by atoms with E-state index in [9.17, 15) is 9.90 Å². The van der Waals surface area contributed by atoms with E-state index >= 15 is 0 Å². The quantitative estimate of drug-likeness (QED) is 0.786. The highest BCUT2D eigenvalue weighted by atomic mass is 16.3. The Morgan fingerprint density at radius 1 is 1.25 bits per heavy atom. The van der Waals surface area contributed by atoms with Crippen LogP contribution < -0.4 is 4.90 Å². The van der Waals surface area contributed by atoms with Crippen LogP contribution in [0.1, 0.15) is 15.9 Å². The lowest BCUT2D eigenvalue weighted by atomic mass is 10.0. The summed E-state index contributed by atoms with van der Waals surface area (Å²) in [7, 11) is 1.77. The molecule has 0 fully saturated rings. The van der Waals surface area contributed by atoms with Gasteiger partial charge in [0, 0.05) is 18.0 Å². The molecule has 1 heterocycles. The molecule has 3 nitrogen and oxygen atoms in total. The van der Waals surface area contributed by atoms with Gasteiger partial charge < -0.3 is 10.0 Å². The second kappa shape index (κ2) is 3.06. The van der Waals surface area contributed by atoms with Crippen molar-refractivity contribution in [3.05, 3.63) is 41.5 Å².